The van der Waals surface area contributed by atoms with Gasteiger partial charge in [0.2, 0.25) is 0 Å². The first-order chi connectivity index (χ1) is 17.9. The average Bonchev–Trinajstić information content (AvgIpc) is 3.68. The number of allylic oxidation sites excluding steroid dienone is 1. The SMILES string of the molecule is C=C(NS(=O)(=C1CO1)c1ccc(-c2c(C#N)c3cc(Cl)c(C)cc3n2-c2ccc(F)cn2)nc1)C(F)(F)F. The smallest absolute Gasteiger partial charge is 0.330 e. The number of rotatable bonds is 5. The second-order valence-electron chi connectivity index (χ2n) is 8.30. The summed E-state index contributed by atoms with van der Waals surface area (Å²) in [6.45, 7) is 4.64. The molecule has 4 aromatic rings. The Morgan fingerprint density at radius 3 is 2.53 bits per heavy atom. The number of hydrogen-bond acceptors (Lipinski definition) is 5. The lowest BCUT2D eigenvalue weighted by Gasteiger charge is -2.17. The fourth-order valence-electron chi connectivity index (χ4n) is 3.87. The third-order valence-electron chi connectivity index (χ3n) is 5.80. The van der Waals surface area contributed by atoms with E-state index in [0.717, 1.165) is 18.0 Å². The molecule has 1 fully saturated rings. The minimum atomic E-state index is -4.82. The van der Waals surface area contributed by atoms with E-state index in [4.69, 9.17) is 16.3 Å². The van der Waals surface area contributed by atoms with Gasteiger partial charge < -0.3 is 9.46 Å². The molecule has 1 saturated heterocycles. The highest BCUT2D eigenvalue weighted by atomic mass is 35.5. The number of pyridine rings is 2. The summed E-state index contributed by atoms with van der Waals surface area (Å²) in [7, 11) is -3.65. The van der Waals surface area contributed by atoms with Crippen LogP contribution in [0.3, 0.4) is 0 Å². The zero-order valence-corrected chi connectivity index (χ0v) is 21.0. The van der Waals surface area contributed by atoms with E-state index in [1.165, 1.54) is 24.3 Å². The number of nitrogens with one attached hydrogen (secondary N) is 1. The fraction of sp³-hybridized carbons (Fsp3) is 0.120. The number of fused-ring (bicyclic) bond motifs is 1. The summed E-state index contributed by atoms with van der Waals surface area (Å²) >= 11 is 6.33. The third-order valence-corrected chi connectivity index (χ3v) is 8.53. The summed E-state index contributed by atoms with van der Waals surface area (Å²) in [5, 5.41) is 10.9. The number of halogens is 5. The maximum Gasteiger partial charge on any atom is 0.431 e. The van der Waals surface area contributed by atoms with Gasteiger partial charge in [-0.1, -0.05) is 18.2 Å². The Labute approximate surface area is 219 Å². The molecule has 1 aliphatic heterocycles. The Morgan fingerprint density at radius 1 is 1.24 bits per heavy atom. The molecule has 0 radical (unpaired) electrons. The van der Waals surface area contributed by atoms with Gasteiger partial charge in [0.25, 0.3) is 0 Å². The quantitative estimate of drug-likeness (QED) is 0.199. The fourth-order valence-corrected chi connectivity index (χ4v) is 5.84. The first-order valence-corrected chi connectivity index (χ1v) is 12.8. The Balaban J connectivity index is 1.71. The number of hydrogen-bond donors (Lipinski definition) is 1. The van der Waals surface area contributed by atoms with Crippen molar-refractivity contribution in [2.24, 2.45) is 0 Å². The predicted molar refractivity (Wildman–Crippen MR) is 134 cm³/mol. The normalized spacial score (nSPS) is 14.7. The van der Waals surface area contributed by atoms with Crippen molar-refractivity contribution in [1.29, 1.82) is 5.26 Å². The molecular weight excluding hydrogens is 546 g/mol. The number of aromatic nitrogens is 3. The van der Waals surface area contributed by atoms with E-state index in [-0.39, 0.29) is 39.3 Å². The van der Waals surface area contributed by atoms with E-state index >= 15 is 0 Å². The standard InChI is InChI=1S/C25H16ClF4N5O2S/c1-13-7-21-17(8-19(13)26)18(9-31)24(35(21)22-6-3-15(27)10-33-22)20-5-4-16(11-32-20)38(36,23-12-37-23)34-14(2)25(28,29)30/h3-8,10-11H,2,12H2,1H3,(H,34,36). The Kier molecular flexibility index (Phi) is 6.18. The number of nitriles is 1. The topological polar surface area (TPSA) is 96.1 Å². The first-order valence-electron chi connectivity index (χ1n) is 10.8. The summed E-state index contributed by atoms with van der Waals surface area (Å²) in [6, 6.07) is 10.9. The van der Waals surface area contributed by atoms with Crippen LogP contribution in [0.4, 0.5) is 17.6 Å². The van der Waals surface area contributed by atoms with E-state index in [9.17, 15) is 27.0 Å². The molecule has 1 unspecified atom stereocenters. The molecule has 0 amide bonds. The summed E-state index contributed by atoms with van der Waals surface area (Å²) in [4.78, 5) is 8.43. The van der Waals surface area contributed by atoms with Crippen LogP contribution in [0.2, 0.25) is 5.02 Å². The molecule has 7 nitrogen and oxygen atoms in total. The number of ether oxygens (including phenoxy) is 1. The summed E-state index contributed by atoms with van der Waals surface area (Å²) in [5.41, 5.74) is 0.575. The summed E-state index contributed by atoms with van der Waals surface area (Å²) in [6.07, 6.45) is -2.66. The van der Waals surface area contributed by atoms with Crippen molar-refractivity contribution in [2.75, 3.05) is 6.61 Å². The van der Waals surface area contributed by atoms with Crippen LogP contribution in [0.25, 0.3) is 28.1 Å². The lowest BCUT2D eigenvalue weighted by molar-refractivity contribution is -0.0939. The molecule has 0 aliphatic carbocycles. The van der Waals surface area contributed by atoms with Gasteiger partial charge in [-0.25, -0.2) is 13.6 Å². The van der Waals surface area contributed by atoms with Crippen molar-refractivity contribution in [3.63, 3.8) is 0 Å². The number of epoxide rings is 1. The molecule has 194 valence electrons. The monoisotopic (exact) mass is 561 g/mol. The third kappa shape index (κ3) is 4.38. The van der Waals surface area contributed by atoms with Gasteiger partial charge in [0.1, 0.15) is 39.7 Å². The van der Waals surface area contributed by atoms with Crippen LogP contribution in [0.5, 0.6) is 0 Å². The van der Waals surface area contributed by atoms with E-state index in [1.54, 1.807) is 23.6 Å². The van der Waals surface area contributed by atoms with Gasteiger partial charge in [0.05, 0.1) is 33.6 Å². The lowest BCUT2D eigenvalue weighted by atomic mass is 10.1. The Morgan fingerprint density at radius 2 is 1.97 bits per heavy atom. The molecule has 0 saturated carbocycles. The molecule has 38 heavy (non-hydrogen) atoms. The first kappa shape index (κ1) is 25.7. The number of benzene rings is 1. The van der Waals surface area contributed by atoms with Gasteiger partial charge in [0.15, 0.2) is 5.05 Å². The predicted octanol–water partition coefficient (Wildman–Crippen LogP) is 5.44. The van der Waals surface area contributed by atoms with Crippen molar-refractivity contribution in [3.8, 4) is 23.3 Å². The van der Waals surface area contributed by atoms with Crippen molar-refractivity contribution in [1.82, 2.24) is 19.3 Å². The maximum atomic E-state index is 13.6. The van der Waals surface area contributed by atoms with E-state index in [0.29, 0.717) is 15.9 Å². The highest BCUT2D eigenvalue weighted by molar-refractivity contribution is 8.01. The zero-order valence-electron chi connectivity index (χ0n) is 19.4. The highest BCUT2D eigenvalue weighted by Crippen LogP contribution is 2.37. The van der Waals surface area contributed by atoms with Crippen molar-refractivity contribution >= 4 is 37.3 Å². The van der Waals surface area contributed by atoms with Crippen LogP contribution in [-0.4, -0.2) is 36.6 Å². The van der Waals surface area contributed by atoms with Gasteiger partial charge in [-0.15, -0.1) is 0 Å². The average molecular weight is 562 g/mol. The second-order valence-corrected chi connectivity index (χ2v) is 10.9. The van der Waals surface area contributed by atoms with Crippen LogP contribution >= 0.6 is 11.6 Å². The molecule has 3 aromatic heterocycles. The molecule has 1 aliphatic rings. The van der Waals surface area contributed by atoms with Crippen LogP contribution in [0.15, 0.2) is 66.0 Å². The summed E-state index contributed by atoms with van der Waals surface area (Å²) in [5.74, 6) is -0.272. The highest BCUT2D eigenvalue weighted by Gasteiger charge is 2.37. The minimum absolute atomic E-state index is 0.0649. The molecule has 0 spiro atoms. The largest absolute Gasteiger partial charge is 0.431 e. The van der Waals surface area contributed by atoms with Crippen LogP contribution in [0, 0.1) is 24.1 Å². The van der Waals surface area contributed by atoms with Crippen molar-refractivity contribution in [3.05, 3.63) is 83.0 Å². The van der Waals surface area contributed by atoms with Crippen LogP contribution in [0.1, 0.15) is 11.1 Å². The summed E-state index contributed by atoms with van der Waals surface area (Å²) < 4.78 is 75.1. The Bertz CT molecular complexity index is 1780. The molecule has 0 bridgehead atoms. The van der Waals surface area contributed by atoms with E-state index in [1.807, 2.05) is 4.72 Å². The number of alkyl halides is 3. The number of aryl methyl sites for hydroxylation is 1. The van der Waals surface area contributed by atoms with Gasteiger partial charge >= 0.3 is 6.18 Å². The van der Waals surface area contributed by atoms with Crippen molar-refractivity contribution < 1.29 is 26.5 Å². The molecule has 1 N–H and O–H groups in total. The Hall–Kier alpha value is -3.92. The van der Waals surface area contributed by atoms with Gasteiger partial charge in [-0.3, -0.25) is 9.55 Å². The molecular formula is C25H16ClF4N5O2S. The van der Waals surface area contributed by atoms with E-state index in [2.05, 4.69) is 22.6 Å². The lowest BCUT2D eigenvalue weighted by Crippen LogP contribution is -2.32. The van der Waals surface area contributed by atoms with Gasteiger partial charge in [-0.05, 0) is 48.9 Å². The number of nitrogens with zero attached hydrogens (tertiary/aromatic N) is 4. The van der Waals surface area contributed by atoms with Crippen LogP contribution in [-0.2, 0) is 14.4 Å². The molecule has 1 aromatic carbocycles. The zero-order chi connectivity index (χ0) is 27.4. The van der Waals surface area contributed by atoms with Gasteiger partial charge in [0, 0.05) is 16.6 Å². The molecule has 13 heteroatoms. The maximum absolute atomic E-state index is 13.6. The van der Waals surface area contributed by atoms with E-state index < -0.39 is 27.4 Å². The molecule has 5 rings (SSSR count). The minimum Gasteiger partial charge on any atom is -0.330 e. The van der Waals surface area contributed by atoms with Crippen LogP contribution < -0.4 is 4.72 Å². The molecule has 4 heterocycles. The van der Waals surface area contributed by atoms with Crippen molar-refractivity contribution in [2.45, 2.75) is 18.0 Å². The van der Waals surface area contributed by atoms with Gasteiger partial charge in [-0.2, -0.15) is 18.4 Å². The second kappa shape index (κ2) is 9.13. The molecule has 1 atom stereocenters.